The van der Waals surface area contributed by atoms with Gasteiger partial charge < -0.3 is 14.4 Å². The number of carbonyl (C=O) groups is 1. The minimum Gasteiger partial charge on any atom is -0.489 e. The highest BCUT2D eigenvalue weighted by Gasteiger charge is 2.28. The van der Waals surface area contributed by atoms with E-state index in [1.54, 1.807) is 25.2 Å². The van der Waals surface area contributed by atoms with Crippen LogP contribution in [0, 0.1) is 0 Å². The third kappa shape index (κ3) is 3.82. The molecule has 0 amide bonds. The molecule has 1 unspecified atom stereocenters. The summed E-state index contributed by atoms with van der Waals surface area (Å²) in [4.78, 5) is 35.7. The molecule has 3 rings (SSSR count). The Morgan fingerprint density at radius 1 is 1.10 bits per heavy atom. The molecule has 0 N–H and O–H groups in total. The quantitative estimate of drug-likeness (QED) is 0.592. The number of rotatable bonds is 6. The second-order valence-electron chi connectivity index (χ2n) is 6.33. The van der Waals surface area contributed by atoms with Gasteiger partial charge in [-0.2, -0.15) is 0 Å². The number of hydrogen-bond donors (Lipinski definition) is 0. The Hall–Kier alpha value is -3.68. The summed E-state index contributed by atoms with van der Waals surface area (Å²) >= 11 is 0. The van der Waals surface area contributed by atoms with Crippen LogP contribution >= 0.6 is 0 Å². The molecule has 150 valence electrons. The summed E-state index contributed by atoms with van der Waals surface area (Å²) in [5, 5.41) is 0. The first-order valence-corrected chi connectivity index (χ1v) is 8.91. The van der Waals surface area contributed by atoms with Gasteiger partial charge in [-0.05, 0) is 17.7 Å². The Balaban J connectivity index is 2.21. The van der Waals surface area contributed by atoms with E-state index >= 15 is 0 Å². The molecule has 0 aliphatic carbocycles. The number of anilines is 1. The second kappa shape index (κ2) is 8.55. The van der Waals surface area contributed by atoms with Gasteiger partial charge >= 0.3 is 5.97 Å². The first kappa shape index (κ1) is 20.1. The largest absolute Gasteiger partial charge is 0.489 e. The van der Waals surface area contributed by atoms with Crippen molar-refractivity contribution in [2.24, 2.45) is 7.05 Å². The van der Waals surface area contributed by atoms with Gasteiger partial charge in [0.25, 0.3) is 5.56 Å². The molecule has 29 heavy (non-hydrogen) atoms. The van der Waals surface area contributed by atoms with E-state index in [9.17, 15) is 9.59 Å². The summed E-state index contributed by atoms with van der Waals surface area (Å²) < 4.78 is 11.2. The van der Waals surface area contributed by atoms with E-state index in [4.69, 9.17) is 9.47 Å². The topological polar surface area (TPSA) is 86.5 Å². The van der Waals surface area contributed by atoms with Crippen LogP contribution < -0.4 is 15.2 Å². The van der Waals surface area contributed by atoms with Crippen LogP contribution in [-0.2, 0) is 11.8 Å². The van der Waals surface area contributed by atoms with Gasteiger partial charge in [0, 0.05) is 20.3 Å². The molecule has 8 heteroatoms. The molecule has 2 aromatic heterocycles. The van der Waals surface area contributed by atoms with Crippen molar-refractivity contribution in [3.8, 4) is 5.75 Å². The Labute approximate surface area is 168 Å². The average Bonchev–Trinajstić information content (AvgIpc) is 2.76. The summed E-state index contributed by atoms with van der Waals surface area (Å²) in [6, 6.07) is 15.0. The molecular formula is C21H22N4O4. The summed E-state index contributed by atoms with van der Waals surface area (Å²) in [6.07, 6.45) is 1.71. The number of nitrogens with zero attached hydrogens (tertiary/aromatic N) is 4. The maximum absolute atomic E-state index is 12.8. The molecular weight excluding hydrogens is 372 g/mol. The number of carbonyl (C=O) groups excluding carboxylic acids is 1. The van der Waals surface area contributed by atoms with Gasteiger partial charge in [0.05, 0.1) is 26.0 Å². The number of benzene rings is 1. The summed E-state index contributed by atoms with van der Waals surface area (Å²) in [7, 11) is 5.91. The molecule has 3 aromatic rings. The van der Waals surface area contributed by atoms with E-state index in [1.165, 1.54) is 18.8 Å². The molecule has 1 aromatic carbocycles. The van der Waals surface area contributed by atoms with Crippen molar-refractivity contribution in [3.05, 3.63) is 82.0 Å². The number of methoxy groups -OCH3 is 2. The van der Waals surface area contributed by atoms with Crippen molar-refractivity contribution in [2.45, 2.75) is 6.04 Å². The lowest BCUT2D eigenvalue weighted by Gasteiger charge is -2.30. The van der Waals surface area contributed by atoms with Crippen LogP contribution in [0.3, 0.4) is 0 Å². The number of ether oxygens (including phenoxy) is 2. The summed E-state index contributed by atoms with van der Waals surface area (Å²) in [5.74, 6) is -0.635. The third-order valence-electron chi connectivity index (χ3n) is 4.59. The zero-order valence-electron chi connectivity index (χ0n) is 16.7. The molecule has 0 fully saturated rings. The highest BCUT2D eigenvalue weighted by atomic mass is 16.5. The molecule has 0 bridgehead atoms. The molecule has 2 heterocycles. The van der Waals surface area contributed by atoms with Crippen LogP contribution in [0.4, 0.5) is 5.95 Å². The van der Waals surface area contributed by atoms with Crippen LogP contribution in [0.15, 0.2) is 59.5 Å². The van der Waals surface area contributed by atoms with E-state index < -0.39 is 11.5 Å². The van der Waals surface area contributed by atoms with Crippen molar-refractivity contribution >= 4 is 11.9 Å². The van der Waals surface area contributed by atoms with E-state index in [-0.39, 0.29) is 23.4 Å². The second-order valence-corrected chi connectivity index (χ2v) is 6.33. The normalized spacial score (nSPS) is 11.6. The lowest BCUT2D eigenvalue weighted by atomic mass is 10.0. The number of esters is 1. The van der Waals surface area contributed by atoms with Crippen molar-refractivity contribution in [3.63, 3.8) is 0 Å². The molecule has 1 atom stereocenters. The van der Waals surface area contributed by atoms with Crippen molar-refractivity contribution < 1.29 is 14.3 Å². The zero-order valence-corrected chi connectivity index (χ0v) is 16.7. The van der Waals surface area contributed by atoms with Crippen LogP contribution in [-0.4, -0.2) is 41.8 Å². The Kier molecular flexibility index (Phi) is 5.92. The van der Waals surface area contributed by atoms with Crippen LogP contribution in [0.25, 0.3) is 0 Å². The highest BCUT2D eigenvalue weighted by molar-refractivity contribution is 5.90. The predicted octanol–water partition coefficient (Wildman–Crippen LogP) is 2.20. The fraction of sp³-hybridized carbons (Fsp3) is 0.238. The standard InChI is InChI=1S/C21H22N4O4/c1-24(17(14-10-6-5-7-11-14)15-12-8-9-13-22-15)21-23-16(20(27)29-4)18(28-3)19(26)25(21)2/h5-13,17H,1-4H3. The Bertz CT molecular complexity index is 1010. The molecule has 0 aliphatic rings. The highest BCUT2D eigenvalue weighted by Crippen LogP contribution is 2.30. The van der Waals surface area contributed by atoms with Gasteiger partial charge in [0.1, 0.15) is 0 Å². The van der Waals surface area contributed by atoms with E-state index in [0.717, 1.165) is 11.3 Å². The minimum atomic E-state index is -0.747. The van der Waals surface area contributed by atoms with Gasteiger partial charge in [-0.25, -0.2) is 9.78 Å². The van der Waals surface area contributed by atoms with E-state index in [1.807, 2.05) is 48.5 Å². The number of aromatic nitrogens is 3. The first-order valence-electron chi connectivity index (χ1n) is 8.91. The predicted molar refractivity (Wildman–Crippen MR) is 108 cm³/mol. The number of hydrogen-bond acceptors (Lipinski definition) is 7. The molecule has 0 spiro atoms. The average molecular weight is 394 g/mol. The molecule has 0 aliphatic heterocycles. The molecule has 8 nitrogen and oxygen atoms in total. The van der Waals surface area contributed by atoms with Gasteiger partial charge in [-0.3, -0.25) is 14.3 Å². The van der Waals surface area contributed by atoms with E-state index in [2.05, 4.69) is 9.97 Å². The van der Waals surface area contributed by atoms with Crippen molar-refractivity contribution in [1.82, 2.24) is 14.5 Å². The first-order chi connectivity index (χ1) is 14.0. The minimum absolute atomic E-state index is 0.161. The van der Waals surface area contributed by atoms with Crippen LogP contribution in [0.1, 0.15) is 27.8 Å². The lowest BCUT2D eigenvalue weighted by molar-refractivity contribution is 0.0589. The monoisotopic (exact) mass is 394 g/mol. The fourth-order valence-electron chi connectivity index (χ4n) is 3.19. The lowest BCUT2D eigenvalue weighted by Crippen LogP contribution is -2.34. The maximum atomic E-state index is 12.8. The van der Waals surface area contributed by atoms with Gasteiger partial charge in [0.2, 0.25) is 11.7 Å². The van der Waals surface area contributed by atoms with Gasteiger partial charge in [0.15, 0.2) is 5.69 Å². The van der Waals surface area contributed by atoms with Gasteiger partial charge in [-0.15, -0.1) is 0 Å². The number of pyridine rings is 1. The van der Waals surface area contributed by atoms with Crippen LogP contribution in [0.5, 0.6) is 5.75 Å². The smallest absolute Gasteiger partial charge is 0.360 e. The Morgan fingerprint density at radius 3 is 2.38 bits per heavy atom. The van der Waals surface area contributed by atoms with E-state index in [0.29, 0.717) is 0 Å². The Morgan fingerprint density at radius 2 is 1.79 bits per heavy atom. The maximum Gasteiger partial charge on any atom is 0.360 e. The SMILES string of the molecule is COC(=O)c1nc(N(C)C(c2ccccc2)c2ccccn2)n(C)c(=O)c1OC. The van der Waals surface area contributed by atoms with Crippen molar-refractivity contribution in [2.75, 3.05) is 26.2 Å². The zero-order chi connectivity index (χ0) is 21.0. The summed E-state index contributed by atoms with van der Waals surface area (Å²) in [6.45, 7) is 0. The molecule has 0 radical (unpaired) electrons. The van der Waals surface area contributed by atoms with Gasteiger partial charge in [-0.1, -0.05) is 36.4 Å². The third-order valence-corrected chi connectivity index (χ3v) is 4.59. The van der Waals surface area contributed by atoms with Crippen molar-refractivity contribution in [1.29, 1.82) is 0 Å². The molecule has 0 saturated carbocycles. The summed E-state index contributed by atoms with van der Waals surface area (Å²) in [5.41, 5.74) is 1.06. The van der Waals surface area contributed by atoms with Crippen LogP contribution in [0.2, 0.25) is 0 Å². The molecule has 0 saturated heterocycles. The fourth-order valence-corrected chi connectivity index (χ4v) is 3.19.